The molecular formula is C24H37N3O. The monoisotopic (exact) mass is 383 g/mol. The van der Waals surface area contributed by atoms with E-state index >= 15 is 0 Å². The van der Waals surface area contributed by atoms with Gasteiger partial charge in [-0.05, 0) is 48.3 Å². The number of likely N-dealkylation sites (tertiary alicyclic amines) is 2. The first-order chi connectivity index (χ1) is 13.3. The summed E-state index contributed by atoms with van der Waals surface area (Å²) in [6.45, 7) is 16.1. The Morgan fingerprint density at radius 2 is 1.61 bits per heavy atom. The Bertz CT molecular complexity index is 674. The highest BCUT2D eigenvalue weighted by molar-refractivity contribution is 5.78. The maximum Gasteiger partial charge on any atom is 0.236 e. The molecule has 0 aliphatic carbocycles. The summed E-state index contributed by atoms with van der Waals surface area (Å²) < 4.78 is 0. The van der Waals surface area contributed by atoms with Crippen molar-refractivity contribution in [3.8, 4) is 0 Å². The van der Waals surface area contributed by atoms with E-state index in [1.807, 2.05) is 0 Å². The zero-order chi connectivity index (χ0) is 19.9. The predicted molar refractivity (Wildman–Crippen MR) is 116 cm³/mol. The summed E-state index contributed by atoms with van der Waals surface area (Å²) in [4.78, 5) is 19.6. The lowest BCUT2D eigenvalue weighted by Gasteiger charge is -2.61. The molecule has 3 heterocycles. The topological polar surface area (TPSA) is 26.8 Å². The standard InChI is InChI=1S/C24H37N3O/c1-18(2)20-5-7-22(8-6-20)27-16-24(17-27)14-25(15-24)13-23(28)26-11-9-21(10-12-26)19(3)4/h5-8,18-19,21H,9-17H2,1-4H3. The smallest absolute Gasteiger partial charge is 0.236 e. The molecule has 1 aromatic rings. The lowest BCUT2D eigenvalue weighted by Crippen LogP contribution is -2.73. The van der Waals surface area contributed by atoms with Crippen LogP contribution >= 0.6 is 0 Å². The Hall–Kier alpha value is -1.55. The van der Waals surface area contributed by atoms with E-state index in [0.717, 1.165) is 51.1 Å². The van der Waals surface area contributed by atoms with Crippen LogP contribution in [-0.2, 0) is 4.79 Å². The van der Waals surface area contributed by atoms with Gasteiger partial charge in [-0.1, -0.05) is 39.8 Å². The van der Waals surface area contributed by atoms with Gasteiger partial charge in [-0.3, -0.25) is 9.69 Å². The van der Waals surface area contributed by atoms with Crippen LogP contribution in [0.3, 0.4) is 0 Å². The van der Waals surface area contributed by atoms with Gasteiger partial charge in [-0.25, -0.2) is 0 Å². The van der Waals surface area contributed by atoms with Crippen molar-refractivity contribution in [1.82, 2.24) is 9.80 Å². The molecule has 1 aromatic carbocycles. The van der Waals surface area contributed by atoms with E-state index in [-0.39, 0.29) is 0 Å². The third-order valence-corrected chi connectivity index (χ3v) is 7.29. The summed E-state index contributed by atoms with van der Waals surface area (Å²) in [5.74, 6) is 2.48. The number of nitrogens with zero attached hydrogens (tertiary/aromatic N) is 3. The molecule has 0 bridgehead atoms. The number of anilines is 1. The number of piperidine rings is 1. The minimum atomic E-state index is 0.345. The van der Waals surface area contributed by atoms with Gasteiger partial charge in [0.1, 0.15) is 0 Å². The molecule has 28 heavy (non-hydrogen) atoms. The molecule has 1 spiro atoms. The van der Waals surface area contributed by atoms with Crippen molar-refractivity contribution in [2.75, 3.05) is 50.7 Å². The summed E-state index contributed by atoms with van der Waals surface area (Å²) in [6, 6.07) is 9.06. The number of hydrogen-bond donors (Lipinski definition) is 0. The second-order valence-corrected chi connectivity index (χ2v) is 10.2. The summed E-state index contributed by atoms with van der Waals surface area (Å²) in [6.07, 6.45) is 2.36. The molecule has 0 N–H and O–H groups in total. The van der Waals surface area contributed by atoms with E-state index in [1.54, 1.807) is 0 Å². The van der Waals surface area contributed by atoms with Gasteiger partial charge >= 0.3 is 0 Å². The molecule has 3 aliphatic rings. The fourth-order valence-electron chi connectivity index (χ4n) is 5.34. The molecule has 4 nitrogen and oxygen atoms in total. The molecule has 0 atom stereocenters. The van der Waals surface area contributed by atoms with E-state index in [4.69, 9.17) is 0 Å². The van der Waals surface area contributed by atoms with Gasteiger partial charge in [-0.2, -0.15) is 0 Å². The Morgan fingerprint density at radius 1 is 1.00 bits per heavy atom. The number of rotatable bonds is 5. The molecule has 3 fully saturated rings. The average molecular weight is 384 g/mol. The van der Waals surface area contributed by atoms with Gasteiger partial charge in [0, 0.05) is 50.4 Å². The van der Waals surface area contributed by atoms with Gasteiger partial charge in [0.15, 0.2) is 0 Å². The predicted octanol–water partition coefficient (Wildman–Crippen LogP) is 3.83. The van der Waals surface area contributed by atoms with Crippen LogP contribution < -0.4 is 4.90 Å². The molecule has 3 saturated heterocycles. The molecule has 0 unspecified atom stereocenters. The van der Waals surface area contributed by atoms with Gasteiger partial charge < -0.3 is 9.80 Å². The molecule has 0 radical (unpaired) electrons. The SMILES string of the molecule is CC(C)c1ccc(N2CC3(CN(CC(=O)N4CCC(C(C)C)CC4)C3)C2)cc1. The number of amides is 1. The number of benzene rings is 1. The van der Waals surface area contributed by atoms with Crippen molar-refractivity contribution in [1.29, 1.82) is 0 Å². The number of hydrogen-bond acceptors (Lipinski definition) is 3. The normalized spacial score (nSPS) is 22.6. The minimum absolute atomic E-state index is 0.345. The first-order valence-corrected chi connectivity index (χ1v) is 11.2. The van der Waals surface area contributed by atoms with Crippen LogP contribution in [0.4, 0.5) is 5.69 Å². The average Bonchev–Trinajstić information content (AvgIpc) is 2.62. The van der Waals surface area contributed by atoms with Crippen molar-refractivity contribution >= 4 is 11.6 Å². The lowest BCUT2D eigenvalue weighted by atomic mass is 9.72. The second-order valence-electron chi connectivity index (χ2n) is 10.2. The van der Waals surface area contributed by atoms with Crippen LogP contribution in [0.1, 0.15) is 52.0 Å². The fourth-order valence-corrected chi connectivity index (χ4v) is 5.34. The molecular weight excluding hydrogens is 346 g/mol. The van der Waals surface area contributed by atoms with Crippen LogP contribution in [0.2, 0.25) is 0 Å². The highest BCUT2D eigenvalue weighted by Crippen LogP contribution is 2.42. The molecule has 1 amide bonds. The minimum Gasteiger partial charge on any atom is -0.370 e. The molecule has 4 heteroatoms. The fraction of sp³-hybridized carbons (Fsp3) is 0.708. The van der Waals surface area contributed by atoms with E-state index < -0.39 is 0 Å². The zero-order valence-corrected chi connectivity index (χ0v) is 18.2. The van der Waals surface area contributed by atoms with Gasteiger partial charge in [0.2, 0.25) is 5.91 Å². The van der Waals surface area contributed by atoms with E-state index in [9.17, 15) is 4.79 Å². The second kappa shape index (κ2) is 7.70. The molecule has 0 saturated carbocycles. The molecule has 154 valence electrons. The van der Waals surface area contributed by atoms with E-state index in [2.05, 4.69) is 66.7 Å². The third kappa shape index (κ3) is 3.94. The first kappa shape index (κ1) is 19.8. The maximum absolute atomic E-state index is 12.6. The van der Waals surface area contributed by atoms with Crippen molar-refractivity contribution in [3.63, 3.8) is 0 Å². The highest BCUT2D eigenvalue weighted by atomic mass is 16.2. The van der Waals surface area contributed by atoms with Crippen molar-refractivity contribution in [2.24, 2.45) is 17.3 Å². The van der Waals surface area contributed by atoms with E-state index in [0.29, 0.717) is 23.8 Å². The third-order valence-electron chi connectivity index (χ3n) is 7.29. The summed E-state index contributed by atoms with van der Waals surface area (Å²) >= 11 is 0. The Balaban J connectivity index is 1.19. The largest absolute Gasteiger partial charge is 0.370 e. The summed E-state index contributed by atoms with van der Waals surface area (Å²) in [5.41, 5.74) is 3.18. The van der Waals surface area contributed by atoms with Crippen LogP contribution in [0.5, 0.6) is 0 Å². The Labute approximate surface area is 170 Å². The lowest BCUT2D eigenvalue weighted by molar-refractivity contribution is -0.138. The van der Waals surface area contributed by atoms with Gasteiger partial charge in [0.25, 0.3) is 0 Å². The highest BCUT2D eigenvalue weighted by Gasteiger charge is 2.52. The van der Waals surface area contributed by atoms with Crippen LogP contribution in [0, 0.1) is 17.3 Å². The zero-order valence-electron chi connectivity index (χ0n) is 18.2. The van der Waals surface area contributed by atoms with E-state index in [1.165, 1.54) is 24.1 Å². The number of carbonyl (C=O) groups is 1. The first-order valence-electron chi connectivity index (χ1n) is 11.2. The van der Waals surface area contributed by atoms with Crippen molar-refractivity contribution in [3.05, 3.63) is 29.8 Å². The van der Waals surface area contributed by atoms with Crippen LogP contribution in [0.25, 0.3) is 0 Å². The summed E-state index contributed by atoms with van der Waals surface area (Å²) in [7, 11) is 0. The number of carbonyl (C=O) groups excluding carboxylic acids is 1. The van der Waals surface area contributed by atoms with Crippen molar-refractivity contribution < 1.29 is 4.79 Å². The molecule has 4 rings (SSSR count). The van der Waals surface area contributed by atoms with Crippen LogP contribution in [0.15, 0.2) is 24.3 Å². The molecule has 3 aliphatic heterocycles. The molecule has 0 aromatic heterocycles. The Kier molecular flexibility index (Phi) is 5.43. The maximum atomic E-state index is 12.6. The summed E-state index contributed by atoms with van der Waals surface area (Å²) in [5, 5.41) is 0. The van der Waals surface area contributed by atoms with Gasteiger partial charge in [0.05, 0.1) is 6.54 Å². The van der Waals surface area contributed by atoms with Gasteiger partial charge in [-0.15, -0.1) is 0 Å². The van der Waals surface area contributed by atoms with Crippen molar-refractivity contribution in [2.45, 2.75) is 46.5 Å². The van der Waals surface area contributed by atoms with Crippen LogP contribution in [-0.4, -0.2) is 61.5 Å². The Morgan fingerprint density at radius 3 is 2.14 bits per heavy atom. The quantitative estimate of drug-likeness (QED) is 0.773.